The first kappa shape index (κ1) is 24.3. The summed E-state index contributed by atoms with van der Waals surface area (Å²) in [6, 6.07) is 13.2. The number of aromatic amines is 1. The van der Waals surface area contributed by atoms with Gasteiger partial charge in [-0.05, 0) is 62.3 Å². The smallest absolute Gasteiger partial charge is 0.290 e. The number of aryl methyl sites for hydroxylation is 1. The molecule has 0 bridgehead atoms. The highest BCUT2D eigenvalue weighted by atomic mass is 32.2. The van der Waals surface area contributed by atoms with Gasteiger partial charge in [-0.1, -0.05) is 30.3 Å². The molecule has 0 aliphatic heterocycles. The van der Waals surface area contributed by atoms with Crippen molar-refractivity contribution in [1.29, 1.82) is 0 Å². The Hall–Kier alpha value is -3.01. The van der Waals surface area contributed by atoms with E-state index >= 15 is 0 Å². The average molecular weight is 445 g/mol. The molecule has 166 valence electrons. The Bertz CT molecular complexity index is 1080. The summed E-state index contributed by atoms with van der Waals surface area (Å²) in [4.78, 5) is 10.6. The maximum Gasteiger partial charge on any atom is 0.290 e. The molecule has 0 radical (unpaired) electrons. The first-order valence-electron chi connectivity index (χ1n) is 9.63. The minimum Gasteiger partial charge on any atom is -0.483 e. The lowest BCUT2D eigenvalue weighted by Crippen LogP contribution is -2.39. The summed E-state index contributed by atoms with van der Waals surface area (Å²) in [7, 11) is 0.286. The van der Waals surface area contributed by atoms with Gasteiger partial charge in [0.1, 0.15) is 0 Å². The lowest BCUT2D eigenvalue weighted by Gasteiger charge is -2.19. The number of carboxylic acid groups (broad SMARTS) is 1. The number of H-pyrrole nitrogens is 1. The van der Waals surface area contributed by atoms with Gasteiger partial charge < -0.3 is 10.0 Å². The van der Waals surface area contributed by atoms with E-state index in [-0.39, 0.29) is 17.4 Å². The minimum atomic E-state index is -3.55. The molecule has 1 aromatic heterocycles. The van der Waals surface area contributed by atoms with Gasteiger partial charge >= 0.3 is 0 Å². The van der Waals surface area contributed by atoms with Crippen LogP contribution in [-0.2, 0) is 14.8 Å². The molecule has 0 saturated carbocycles. The molecule has 0 aliphatic rings. The molecule has 0 spiro atoms. The number of nitrogens with one attached hydrogen (secondary N) is 2. The number of sulfonamides is 1. The van der Waals surface area contributed by atoms with Gasteiger partial charge in [0.2, 0.25) is 10.0 Å². The lowest BCUT2D eigenvalue weighted by atomic mass is 9.98. The molecule has 31 heavy (non-hydrogen) atoms. The van der Waals surface area contributed by atoms with Gasteiger partial charge in [0.25, 0.3) is 6.47 Å². The van der Waals surface area contributed by atoms with Crippen LogP contribution in [0.5, 0.6) is 0 Å². The van der Waals surface area contributed by atoms with Crippen molar-refractivity contribution in [2.75, 3.05) is 20.6 Å². The van der Waals surface area contributed by atoms with E-state index in [1.165, 1.54) is 0 Å². The Morgan fingerprint density at radius 1 is 1.13 bits per heavy atom. The summed E-state index contributed by atoms with van der Waals surface area (Å²) >= 11 is 0. The number of likely N-dealkylation sites (N-methyl/N-ethyl adjacent to an activating group) is 1. The van der Waals surface area contributed by atoms with Gasteiger partial charge in [0.05, 0.1) is 11.1 Å². The van der Waals surface area contributed by atoms with Gasteiger partial charge in [0, 0.05) is 24.3 Å². The maximum atomic E-state index is 12.7. The van der Waals surface area contributed by atoms with E-state index < -0.39 is 10.0 Å². The topological polar surface area (TPSA) is 115 Å². The van der Waals surface area contributed by atoms with Crippen molar-refractivity contribution in [3.05, 3.63) is 60.4 Å². The van der Waals surface area contributed by atoms with E-state index in [0.717, 1.165) is 27.8 Å². The molecule has 0 aliphatic carbocycles. The number of nitrogens with zero attached hydrogens (tertiary/aromatic N) is 2. The molecule has 8 nitrogen and oxygen atoms in total. The van der Waals surface area contributed by atoms with Crippen LogP contribution >= 0.6 is 0 Å². The zero-order valence-electron chi connectivity index (χ0n) is 18.0. The molecule has 1 unspecified atom stereocenters. The SMILES string of the molecule is Cc1cc(S(=O)(=O)NC(C)CN(C)C)ccc1-c1ccc(-c2cn[nH]c2)cc1.O=CO. The number of rotatable bonds is 7. The summed E-state index contributed by atoms with van der Waals surface area (Å²) in [5.74, 6) is 0. The minimum absolute atomic E-state index is 0.171. The van der Waals surface area contributed by atoms with Crippen molar-refractivity contribution in [3.63, 3.8) is 0 Å². The Kier molecular flexibility index (Phi) is 8.49. The molecule has 1 heterocycles. The normalized spacial score (nSPS) is 12.2. The van der Waals surface area contributed by atoms with Crippen molar-refractivity contribution < 1.29 is 18.3 Å². The second-order valence-corrected chi connectivity index (χ2v) is 9.15. The van der Waals surface area contributed by atoms with Crippen LogP contribution in [0.3, 0.4) is 0 Å². The molecule has 0 saturated heterocycles. The summed E-state index contributed by atoms with van der Waals surface area (Å²) in [5.41, 5.74) is 5.08. The van der Waals surface area contributed by atoms with Crippen molar-refractivity contribution in [1.82, 2.24) is 19.8 Å². The molecule has 1 atom stereocenters. The van der Waals surface area contributed by atoms with Crippen LogP contribution in [0.2, 0.25) is 0 Å². The van der Waals surface area contributed by atoms with E-state index in [2.05, 4.69) is 14.9 Å². The third-order valence-corrected chi connectivity index (χ3v) is 6.12. The highest BCUT2D eigenvalue weighted by Crippen LogP contribution is 2.28. The number of aromatic nitrogens is 2. The quantitative estimate of drug-likeness (QED) is 0.483. The monoisotopic (exact) mass is 444 g/mol. The highest BCUT2D eigenvalue weighted by Gasteiger charge is 2.18. The van der Waals surface area contributed by atoms with Crippen molar-refractivity contribution in [2.24, 2.45) is 0 Å². The van der Waals surface area contributed by atoms with Crippen LogP contribution in [0.15, 0.2) is 59.8 Å². The number of hydrogen-bond acceptors (Lipinski definition) is 5. The van der Waals surface area contributed by atoms with Gasteiger partial charge in [-0.3, -0.25) is 9.89 Å². The molecule has 2 aromatic carbocycles. The predicted octanol–water partition coefficient (Wildman–Crippen LogP) is 2.98. The van der Waals surface area contributed by atoms with Crippen LogP contribution in [0, 0.1) is 6.92 Å². The Labute approximate surface area is 183 Å². The highest BCUT2D eigenvalue weighted by molar-refractivity contribution is 7.89. The van der Waals surface area contributed by atoms with Gasteiger partial charge in [0.15, 0.2) is 0 Å². The van der Waals surface area contributed by atoms with Gasteiger partial charge in [-0.2, -0.15) is 5.10 Å². The zero-order chi connectivity index (χ0) is 23.0. The van der Waals surface area contributed by atoms with E-state index in [1.807, 2.05) is 69.4 Å². The Morgan fingerprint density at radius 3 is 2.26 bits per heavy atom. The average Bonchev–Trinajstić information content (AvgIpc) is 3.22. The lowest BCUT2D eigenvalue weighted by molar-refractivity contribution is -0.122. The zero-order valence-corrected chi connectivity index (χ0v) is 18.8. The van der Waals surface area contributed by atoms with Crippen LogP contribution in [-0.4, -0.2) is 61.8 Å². The Balaban J connectivity index is 0.00000107. The van der Waals surface area contributed by atoms with E-state index in [9.17, 15) is 8.42 Å². The Morgan fingerprint density at radius 2 is 1.74 bits per heavy atom. The molecule has 0 fully saturated rings. The first-order valence-corrected chi connectivity index (χ1v) is 11.1. The first-order chi connectivity index (χ1) is 14.7. The predicted molar refractivity (Wildman–Crippen MR) is 121 cm³/mol. The summed E-state index contributed by atoms with van der Waals surface area (Å²) in [6.45, 7) is 4.18. The molecular weight excluding hydrogens is 416 g/mol. The largest absolute Gasteiger partial charge is 0.483 e. The fourth-order valence-corrected chi connectivity index (χ4v) is 4.62. The van der Waals surface area contributed by atoms with Crippen LogP contribution in [0.4, 0.5) is 0 Å². The molecule has 3 N–H and O–H groups in total. The summed E-state index contributed by atoms with van der Waals surface area (Å²) in [6.07, 6.45) is 3.63. The van der Waals surface area contributed by atoms with E-state index in [4.69, 9.17) is 9.90 Å². The standard InChI is InChI=1S/C21H26N4O2S.CH2O2/c1-15-11-20(28(26,27)24-16(2)14-25(3)4)9-10-21(15)18-7-5-17(6-8-18)19-12-22-23-13-19;2-1-3/h5-13,16,24H,14H2,1-4H3,(H,22,23);1H,(H,2,3). The van der Waals surface area contributed by atoms with Gasteiger partial charge in [-0.15, -0.1) is 0 Å². The van der Waals surface area contributed by atoms with Crippen LogP contribution < -0.4 is 4.72 Å². The molecular formula is C22H28N4O4S. The number of carbonyl (C=O) groups is 1. The van der Waals surface area contributed by atoms with Crippen LogP contribution in [0.25, 0.3) is 22.3 Å². The summed E-state index contributed by atoms with van der Waals surface area (Å²) in [5, 5.41) is 13.7. The molecule has 3 aromatic rings. The fraction of sp³-hybridized carbons (Fsp3) is 0.273. The van der Waals surface area contributed by atoms with E-state index in [0.29, 0.717) is 6.54 Å². The summed E-state index contributed by atoms with van der Waals surface area (Å²) < 4.78 is 28.1. The van der Waals surface area contributed by atoms with E-state index in [1.54, 1.807) is 18.3 Å². The molecule has 0 amide bonds. The third-order valence-electron chi connectivity index (χ3n) is 4.53. The van der Waals surface area contributed by atoms with Crippen molar-refractivity contribution in [3.8, 4) is 22.3 Å². The molecule has 9 heteroatoms. The second-order valence-electron chi connectivity index (χ2n) is 7.43. The van der Waals surface area contributed by atoms with Crippen LogP contribution in [0.1, 0.15) is 12.5 Å². The fourth-order valence-electron chi connectivity index (χ4n) is 3.30. The van der Waals surface area contributed by atoms with Gasteiger partial charge in [-0.25, -0.2) is 13.1 Å². The third kappa shape index (κ3) is 6.74. The second kappa shape index (κ2) is 10.9. The van der Waals surface area contributed by atoms with Crippen molar-refractivity contribution in [2.45, 2.75) is 24.8 Å². The van der Waals surface area contributed by atoms with Crippen molar-refractivity contribution >= 4 is 16.5 Å². The maximum absolute atomic E-state index is 12.7. The number of benzene rings is 2. The molecule has 3 rings (SSSR count). The number of hydrogen-bond donors (Lipinski definition) is 3.